The second-order valence-electron chi connectivity index (χ2n) is 5.56. The van der Waals surface area contributed by atoms with E-state index < -0.39 is 0 Å². The number of rotatable bonds is 6. The predicted octanol–water partition coefficient (Wildman–Crippen LogP) is 4.30. The Labute approximate surface area is 122 Å². The van der Waals surface area contributed by atoms with Crippen LogP contribution in [-0.2, 0) is 0 Å². The highest BCUT2D eigenvalue weighted by Gasteiger charge is 2.29. The van der Waals surface area contributed by atoms with E-state index in [4.69, 9.17) is 0 Å². The molecule has 1 aromatic rings. The van der Waals surface area contributed by atoms with Gasteiger partial charge in [-0.1, -0.05) is 37.3 Å². The Morgan fingerprint density at radius 3 is 2.68 bits per heavy atom. The molecule has 0 spiro atoms. The van der Waals surface area contributed by atoms with Gasteiger partial charge in [0.25, 0.3) is 0 Å². The molecule has 106 valence electrons. The molecule has 0 aliphatic heterocycles. The lowest BCUT2D eigenvalue weighted by atomic mass is 9.74. The average Bonchev–Trinajstić information content (AvgIpc) is 2.48. The lowest BCUT2D eigenvalue weighted by Crippen LogP contribution is -2.38. The third-order valence-electron chi connectivity index (χ3n) is 4.46. The minimum atomic E-state index is 0.734. The molecule has 0 heterocycles. The molecule has 1 fully saturated rings. The second-order valence-corrected chi connectivity index (χ2v) is 6.96. The number of nitrogens with one attached hydrogen (secondary N) is 1. The van der Waals surface area contributed by atoms with Crippen molar-refractivity contribution in [3.05, 3.63) is 35.9 Å². The van der Waals surface area contributed by atoms with Crippen LogP contribution in [0.1, 0.15) is 44.1 Å². The fraction of sp³-hybridized carbons (Fsp3) is 0.647. The van der Waals surface area contributed by atoms with Gasteiger partial charge in [0.15, 0.2) is 0 Å². The Balaban J connectivity index is 1.95. The zero-order valence-electron chi connectivity index (χ0n) is 12.3. The maximum Gasteiger partial charge on any atom is 0.00930 e. The highest BCUT2D eigenvalue weighted by molar-refractivity contribution is 7.99. The van der Waals surface area contributed by atoms with E-state index >= 15 is 0 Å². The highest BCUT2D eigenvalue weighted by atomic mass is 32.2. The molecule has 1 N–H and O–H groups in total. The molecule has 1 aliphatic rings. The minimum Gasteiger partial charge on any atom is -0.317 e. The molecule has 2 rings (SSSR count). The third kappa shape index (κ3) is 4.25. The van der Waals surface area contributed by atoms with E-state index in [2.05, 4.69) is 61.4 Å². The van der Waals surface area contributed by atoms with E-state index in [-0.39, 0.29) is 0 Å². The van der Waals surface area contributed by atoms with Gasteiger partial charge in [-0.3, -0.25) is 0 Å². The lowest BCUT2D eigenvalue weighted by molar-refractivity contribution is 0.245. The first kappa shape index (κ1) is 14.9. The summed E-state index contributed by atoms with van der Waals surface area (Å²) in [5, 5.41) is 3.54. The van der Waals surface area contributed by atoms with Gasteiger partial charge in [-0.05, 0) is 61.6 Å². The van der Waals surface area contributed by atoms with Crippen molar-refractivity contribution in [3.8, 4) is 0 Å². The Kier molecular flexibility index (Phi) is 6.25. The van der Waals surface area contributed by atoms with Crippen molar-refractivity contribution in [2.75, 3.05) is 18.6 Å². The molecular weight excluding hydrogens is 250 g/mol. The van der Waals surface area contributed by atoms with Crippen molar-refractivity contribution in [1.29, 1.82) is 0 Å². The van der Waals surface area contributed by atoms with Crippen LogP contribution in [0.3, 0.4) is 0 Å². The first-order chi connectivity index (χ1) is 9.35. The number of thioether (sulfide) groups is 1. The molecule has 19 heavy (non-hydrogen) atoms. The Hall–Kier alpha value is -0.470. The molecule has 0 amide bonds. The predicted molar refractivity (Wildman–Crippen MR) is 87.0 cm³/mol. The smallest absolute Gasteiger partial charge is 0.00930 e. The number of hydrogen-bond donors (Lipinski definition) is 1. The van der Waals surface area contributed by atoms with Crippen LogP contribution in [-0.4, -0.2) is 24.6 Å². The topological polar surface area (TPSA) is 12.0 Å². The summed E-state index contributed by atoms with van der Waals surface area (Å²) in [6.45, 7) is 2.26. The van der Waals surface area contributed by atoms with Crippen molar-refractivity contribution in [3.63, 3.8) is 0 Å². The normalized spacial score (nSPS) is 27.4. The van der Waals surface area contributed by atoms with Gasteiger partial charge in [0.05, 0.1) is 0 Å². The molecule has 3 atom stereocenters. The monoisotopic (exact) mass is 277 g/mol. The van der Waals surface area contributed by atoms with Crippen LogP contribution in [0.2, 0.25) is 0 Å². The van der Waals surface area contributed by atoms with Crippen molar-refractivity contribution in [1.82, 2.24) is 5.32 Å². The van der Waals surface area contributed by atoms with E-state index in [0.717, 1.165) is 17.9 Å². The molecule has 3 unspecified atom stereocenters. The van der Waals surface area contributed by atoms with Gasteiger partial charge in [0.1, 0.15) is 0 Å². The van der Waals surface area contributed by atoms with Gasteiger partial charge in [0, 0.05) is 6.04 Å². The summed E-state index contributed by atoms with van der Waals surface area (Å²) in [6, 6.07) is 11.8. The van der Waals surface area contributed by atoms with Gasteiger partial charge in [-0.15, -0.1) is 0 Å². The van der Waals surface area contributed by atoms with Gasteiger partial charge in [-0.2, -0.15) is 11.8 Å². The first-order valence-electron chi connectivity index (χ1n) is 7.65. The van der Waals surface area contributed by atoms with Crippen LogP contribution in [0.4, 0.5) is 0 Å². The van der Waals surface area contributed by atoms with Crippen molar-refractivity contribution in [2.24, 2.45) is 5.92 Å². The van der Waals surface area contributed by atoms with Gasteiger partial charge >= 0.3 is 0 Å². The zero-order valence-corrected chi connectivity index (χ0v) is 13.1. The minimum absolute atomic E-state index is 0.734. The second kappa shape index (κ2) is 7.96. The SMILES string of the molecule is CCSCCC1CC(c2ccccc2)CCC1NC. The van der Waals surface area contributed by atoms with Crippen LogP contribution in [0.15, 0.2) is 30.3 Å². The summed E-state index contributed by atoms with van der Waals surface area (Å²) in [4.78, 5) is 0. The molecule has 1 nitrogen and oxygen atoms in total. The Bertz CT molecular complexity index is 352. The Morgan fingerprint density at radius 2 is 2.00 bits per heavy atom. The summed E-state index contributed by atoms with van der Waals surface area (Å²) in [7, 11) is 2.13. The molecule has 1 saturated carbocycles. The molecule has 0 radical (unpaired) electrons. The molecule has 1 aromatic carbocycles. The van der Waals surface area contributed by atoms with Gasteiger partial charge in [0.2, 0.25) is 0 Å². The first-order valence-corrected chi connectivity index (χ1v) is 8.80. The third-order valence-corrected chi connectivity index (χ3v) is 5.39. The van der Waals surface area contributed by atoms with Crippen LogP contribution in [0, 0.1) is 5.92 Å². The molecular formula is C17H27NS. The van der Waals surface area contributed by atoms with E-state index in [1.165, 1.54) is 37.2 Å². The molecule has 0 saturated heterocycles. The van der Waals surface area contributed by atoms with Crippen molar-refractivity contribution < 1.29 is 0 Å². The maximum atomic E-state index is 3.54. The van der Waals surface area contributed by atoms with Crippen LogP contribution >= 0.6 is 11.8 Å². The van der Waals surface area contributed by atoms with Gasteiger partial charge < -0.3 is 5.32 Å². The van der Waals surface area contributed by atoms with Gasteiger partial charge in [-0.25, -0.2) is 0 Å². The fourth-order valence-electron chi connectivity index (χ4n) is 3.37. The summed E-state index contributed by atoms with van der Waals surface area (Å²) in [5.41, 5.74) is 1.55. The van der Waals surface area contributed by atoms with E-state index in [0.29, 0.717) is 0 Å². The molecule has 0 bridgehead atoms. The summed E-state index contributed by atoms with van der Waals surface area (Å²) in [6.07, 6.45) is 5.40. The Morgan fingerprint density at radius 1 is 1.21 bits per heavy atom. The zero-order chi connectivity index (χ0) is 13.5. The van der Waals surface area contributed by atoms with E-state index in [1.807, 2.05) is 0 Å². The number of benzene rings is 1. The lowest BCUT2D eigenvalue weighted by Gasteiger charge is -2.36. The van der Waals surface area contributed by atoms with Crippen molar-refractivity contribution >= 4 is 11.8 Å². The standard InChI is InChI=1S/C17H27NS/c1-3-19-12-11-16-13-15(9-10-17(16)18-2)14-7-5-4-6-8-14/h4-8,15-18H,3,9-13H2,1-2H3. The van der Waals surface area contributed by atoms with Crippen LogP contribution in [0.25, 0.3) is 0 Å². The maximum absolute atomic E-state index is 3.54. The summed E-state index contributed by atoms with van der Waals surface area (Å²) >= 11 is 2.08. The fourth-order valence-corrected chi connectivity index (χ4v) is 4.13. The largest absolute Gasteiger partial charge is 0.317 e. The van der Waals surface area contributed by atoms with E-state index in [1.54, 1.807) is 5.56 Å². The summed E-state index contributed by atoms with van der Waals surface area (Å²) in [5.74, 6) is 4.20. The van der Waals surface area contributed by atoms with Crippen LogP contribution < -0.4 is 5.32 Å². The van der Waals surface area contributed by atoms with E-state index in [9.17, 15) is 0 Å². The number of hydrogen-bond acceptors (Lipinski definition) is 2. The van der Waals surface area contributed by atoms with Crippen LogP contribution in [0.5, 0.6) is 0 Å². The molecule has 2 heteroatoms. The molecule has 1 aliphatic carbocycles. The quantitative estimate of drug-likeness (QED) is 0.778. The molecule has 0 aromatic heterocycles. The summed E-state index contributed by atoms with van der Waals surface area (Å²) < 4.78 is 0. The highest BCUT2D eigenvalue weighted by Crippen LogP contribution is 2.38. The van der Waals surface area contributed by atoms with Crippen molar-refractivity contribution in [2.45, 2.75) is 44.6 Å². The average molecular weight is 277 g/mol.